The molecule has 2 N–H and O–H groups in total. The van der Waals surface area contributed by atoms with Crippen LogP contribution in [0, 0.1) is 0 Å². The average Bonchev–Trinajstić information content (AvgIpc) is 2.38. The normalized spacial score (nSPS) is 9.45. The number of rotatable bonds is 3. The van der Waals surface area contributed by atoms with Crippen molar-refractivity contribution in [1.82, 2.24) is 20.9 Å². The van der Waals surface area contributed by atoms with Crippen LogP contribution in [0.25, 0.3) is 0 Å². The van der Waals surface area contributed by atoms with Crippen LogP contribution in [0.4, 0.5) is 0 Å². The second-order valence-electron chi connectivity index (χ2n) is 4.33. The van der Waals surface area contributed by atoms with Crippen LogP contribution in [0.15, 0.2) is 0 Å². The molecule has 22 heavy (non-hydrogen) atoms. The van der Waals surface area contributed by atoms with Crippen LogP contribution < -0.4 is 10.9 Å². The van der Waals surface area contributed by atoms with Crippen molar-refractivity contribution in [2.24, 2.45) is 0 Å². The molecule has 10 heteroatoms. The number of carbonyl (C=O) groups is 6. The Hall–Kier alpha value is -2.78. The molecule has 0 saturated heterocycles. The molecular formula is C12H18N4O6. The number of hydrazine groups is 2. The van der Waals surface area contributed by atoms with E-state index < -0.39 is 48.3 Å². The molecule has 0 radical (unpaired) electrons. The lowest BCUT2D eigenvalue weighted by molar-refractivity contribution is -0.155. The number of amides is 6. The molecule has 0 aromatic carbocycles. The van der Waals surface area contributed by atoms with E-state index in [1.54, 1.807) is 0 Å². The standard InChI is InChI=1S/C12H18N4O6/c1-7(17)13-15(9(3)19)11(21)5-6-12(22)16(10(4)20)14-8(2)18/h5-6H2,1-4H3,(H,13,17)(H,14,18). The number of nitrogens with one attached hydrogen (secondary N) is 2. The van der Waals surface area contributed by atoms with Gasteiger partial charge in [-0.2, -0.15) is 10.0 Å². The van der Waals surface area contributed by atoms with Gasteiger partial charge in [0.15, 0.2) is 0 Å². The van der Waals surface area contributed by atoms with Gasteiger partial charge >= 0.3 is 0 Å². The molecule has 0 heterocycles. The first-order valence-electron chi connectivity index (χ1n) is 6.27. The molecule has 0 spiro atoms. The number of imide groups is 2. The molecule has 0 aliphatic rings. The topological polar surface area (TPSA) is 133 Å². The molecule has 0 unspecified atom stereocenters. The van der Waals surface area contributed by atoms with Crippen molar-refractivity contribution in [2.45, 2.75) is 40.5 Å². The molecule has 10 nitrogen and oxygen atoms in total. The maximum atomic E-state index is 11.8. The lowest BCUT2D eigenvalue weighted by Crippen LogP contribution is -2.50. The Kier molecular flexibility index (Phi) is 7.42. The predicted octanol–water partition coefficient (Wildman–Crippen LogP) is -1.38. The third-order valence-electron chi connectivity index (χ3n) is 2.22. The average molecular weight is 314 g/mol. The zero-order valence-electron chi connectivity index (χ0n) is 12.8. The maximum Gasteiger partial charge on any atom is 0.248 e. The molecule has 122 valence electrons. The van der Waals surface area contributed by atoms with Crippen molar-refractivity contribution in [1.29, 1.82) is 0 Å². The molecule has 0 rings (SSSR count). The largest absolute Gasteiger partial charge is 0.274 e. The fourth-order valence-corrected chi connectivity index (χ4v) is 1.39. The van der Waals surface area contributed by atoms with Crippen LogP contribution in [-0.4, -0.2) is 45.5 Å². The van der Waals surface area contributed by atoms with Crippen LogP contribution in [-0.2, 0) is 28.8 Å². The zero-order valence-corrected chi connectivity index (χ0v) is 12.8. The minimum atomic E-state index is -0.817. The van der Waals surface area contributed by atoms with Gasteiger partial charge in [-0.25, -0.2) is 0 Å². The lowest BCUT2D eigenvalue weighted by atomic mass is 10.2. The molecule has 0 aliphatic heterocycles. The number of hydrogen-bond acceptors (Lipinski definition) is 6. The first-order valence-corrected chi connectivity index (χ1v) is 6.27. The summed E-state index contributed by atoms with van der Waals surface area (Å²) in [5.74, 6) is -4.34. The van der Waals surface area contributed by atoms with Gasteiger partial charge < -0.3 is 0 Å². The summed E-state index contributed by atoms with van der Waals surface area (Å²) in [6, 6.07) is 0. The fourth-order valence-electron chi connectivity index (χ4n) is 1.39. The van der Waals surface area contributed by atoms with Gasteiger partial charge in [-0.15, -0.1) is 0 Å². The number of carbonyl (C=O) groups excluding carboxylic acids is 6. The minimum Gasteiger partial charge on any atom is -0.274 e. The van der Waals surface area contributed by atoms with E-state index in [1.807, 2.05) is 10.9 Å². The van der Waals surface area contributed by atoms with Gasteiger partial charge in [-0.05, 0) is 0 Å². The summed E-state index contributed by atoms with van der Waals surface area (Å²) in [6.45, 7) is 4.36. The van der Waals surface area contributed by atoms with Gasteiger partial charge in [0.2, 0.25) is 35.4 Å². The third kappa shape index (κ3) is 6.59. The Labute approximate surface area is 126 Å². The van der Waals surface area contributed by atoms with E-state index in [9.17, 15) is 28.8 Å². The van der Waals surface area contributed by atoms with Crippen molar-refractivity contribution in [3.63, 3.8) is 0 Å². The fraction of sp³-hybridized carbons (Fsp3) is 0.500. The van der Waals surface area contributed by atoms with Crippen molar-refractivity contribution in [3.05, 3.63) is 0 Å². The van der Waals surface area contributed by atoms with E-state index in [2.05, 4.69) is 0 Å². The summed E-state index contributed by atoms with van der Waals surface area (Å²) in [7, 11) is 0. The molecule has 6 amide bonds. The molecule has 0 bridgehead atoms. The Morgan fingerprint density at radius 2 is 0.909 bits per heavy atom. The summed E-state index contributed by atoms with van der Waals surface area (Å²) in [6.07, 6.45) is -0.857. The van der Waals surface area contributed by atoms with E-state index in [-0.39, 0.29) is 0 Å². The van der Waals surface area contributed by atoms with Crippen molar-refractivity contribution in [3.8, 4) is 0 Å². The Balaban J connectivity index is 4.75. The van der Waals surface area contributed by atoms with Crippen LogP contribution in [0.5, 0.6) is 0 Å². The highest BCUT2D eigenvalue weighted by molar-refractivity contribution is 6.00. The summed E-state index contributed by atoms with van der Waals surface area (Å²) in [4.78, 5) is 67.8. The highest BCUT2D eigenvalue weighted by Gasteiger charge is 2.24. The molecule has 0 saturated carbocycles. The summed E-state index contributed by atoms with van der Waals surface area (Å²) < 4.78 is 0. The zero-order chi connectivity index (χ0) is 17.4. The lowest BCUT2D eigenvalue weighted by Gasteiger charge is -2.21. The molecular weight excluding hydrogens is 296 g/mol. The van der Waals surface area contributed by atoms with E-state index in [1.165, 1.54) is 0 Å². The van der Waals surface area contributed by atoms with E-state index >= 15 is 0 Å². The highest BCUT2D eigenvalue weighted by atomic mass is 16.2. The second-order valence-corrected chi connectivity index (χ2v) is 4.33. The summed E-state index contributed by atoms with van der Waals surface area (Å²) in [5.41, 5.74) is 4.04. The van der Waals surface area contributed by atoms with Gasteiger partial charge in [-0.1, -0.05) is 0 Å². The van der Waals surface area contributed by atoms with Crippen molar-refractivity contribution in [2.75, 3.05) is 0 Å². The van der Waals surface area contributed by atoms with Gasteiger partial charge in [0.25, 0.3) is 0 Å². The van der Waals surface area contributed by atoms with Gasteiger partial charge in [-0.3, -0.25) is 39.6 Å². The quantitative estimate of drug-likeness (QED) is 0.617. The first-order chi connectivity index (χ1) is 10.1. The van der Waals surface area contributed by atoms with Crippen LogP contribution in [0.3, 0.4) is 0 Å². The van der Waals surface area contributed by atoms with Crippen LogP contribution in [0.2, 0.25) is 0 Å². The van der Waals surface area contributed by atoms with Gasteiger partial charge in [0, 0.05) is 40.5 Å². The molecule has 0 aliphatic carbocycles. The van der Waals surface area contributed by atoms with E-state index in [4.69, 9.17) is 0 Å². The molecule has 0 atom stereocenters. The second kappa shape index (κ2) is 8.49. The predicted molar refractivity (Wildman–Crippen MR) is 71.9 cm³/mol. The van der Waals surface area contributed by atoms with E-state index in [0.717, 1.165) is 27.7 Å². The molecule has 0 aromatic rings. The number of nitrogens with zero attached hydrogens (tertiary/aromatic N) is 2. The third-order valence-corrected chi connectivity index (χ3v) is 2.22. The Morgan fingerprint density at radius 3 is 1.09 bits per heavy atom. The van der Waals surface area contributed by atoms with Gasteiger partial charge in [0.1, 0.15) is 0 Å². The Bertz CT molecular complexity index is 470. The van der Waals surface area contributed by atoms with Crippen molar-refractivity contribution >= 4 is 35.4 Å². The van der Waals surface area contributed by atoms with Crippen LogP contribution >= 0.6 is 0 Å². The maximum absolute atomic E-state index is 11.8. The van der Waals surface area contributed by atoms with E-state index in [0.29, 0.717) is 10.0 Å². The van der Waals surface area contributed by atoms with Crippen molar-refractivity contribution < 1.29 is 28.8 Å². The smallest absolute Gasteiger partial charge is 0.248 e. The highest BCUT2D eigenvalue weighted by Crippen LogP contribution is 2.01. The van der Waals surface area contributed by atoms with Gasteiger partial charge in [0.05, 0.1) is 0 Å². The number of hydrogen-bond donors (Lipinski definition) is 2. The molecule has 0 aromatic heterocycles. The summed E-state index contributed by atoms with van der Waals surface area (Å²) >= 11 is 0. The Morgan fingerprint density at radius 1 is 0.636 bits per heavy atom. The monoisotopic (exact) mass is 314 g/mol. The SMILES string of the molecule is CC(=O)NN(C(C)=O)C(=O)CCC(=O)N(NC(C)=O)C(C)=O. The first kappa shape index (κ1) is 19.2. The van der Waals surface area contributed by atoms with Crippen LogP contribution in [0.1, 0.15) is 40.5 Å². The minimum absolute atomic E-state index is 0.429. The molecule has 0 fully saturated rings. The summed E-state index contributed by atoms with van der Waals surface area (Å²) in [5, 5.41) is 0.957.